The van der Waals surface area contributed by atoms with E-state index in [9.17, 15) is 41.2 Å². The van der Waals surface area contributed by atoms with Crippen molar-refractivity contribution in [3.05, 3.63) is 82.9 Å². The van der Waals surface area contributed by atoms with Crippen LogP contribution in [-0.2, 0) is 20.2 Å². The number of nitrogens with zero attached hydrogens (tertiary/aromatic N) is 5. The molecule has 0 fully saturated rings. The lowest BCUT2D eigenvalue weighted by Gasteiger charge is -2.11. The van der Waals surface area contributed by atoms with E-state index < -0.39 is 46.4 Å². The Hall–Kier alpha value is -4.64. The monoisotopic (exact) mass is 557 g/mol. The number of fused-ring (bicyclic) bond motifs is 1. The van der Waals surface area contributed by atoms with Gasteiger partial charge in [-0.3, -0.25) is 19.2 Å². The van der Waals surface area contributed by atoms with Crippen molar-refractivity contribution in [3.8, 4) is 5.75 Å². The van der Waals surface area contributed by atoms with E-state index in [4.69, 9.17) is 0 Å². The Morgan fingerprint density at radius 3 is 1.92 bits per heavy atom. The summed E-state index contributed by atoms with van der Waals surface area (Å²) in [4.78, 5) is 8.61. The van der Waals surface area contributed by atoms with Crippen LogP contribution in [0.1, 0.15) is 0 Å². The number of nitro groups is 1. The zero-order chi connectivity index (χ0) is 27.7. The molecule has 4 aromatic rings. The summed E-state index contributed by atoms with van der Waals surface area (Å²) in [5.41, 5.74) is -0.835. The standard InChI is InChI=1S/C22H15N5O9S2/c28-22-20-13(11-19(38(34,35)36)21(22)26-24-14-4-2-1-3-5-14)10-17(37(31,32)33)12-18(20)25-23-15-6-8-16(9-7-15)27(29)30/h1-12,28H,(H,31,32,33)(H,34,35,36). The Morgan fingerprint density at radius 2 is 1.34 bits per heavy atom. The Labute approximate surface area is 214 Å². The summed E-state index contributed by atoms with van der Waals surface area (Å²) in [6.07, 6.45) is 0. The molecule has 14 nitrogen and oxygen atoms in total. The maximum absolute atomic E-state index is 12.1. The van der Waals surface area contributed by atoms with Gasteiger partial charge in [-0.2, -0.15) is 27.1 Å². The van der Waals surface area contributed by atoms with E-state index in [-0.39, 0.29) is 33.5 Å². The molecule has 0 spiro atoms. The summed E-state index contributed by atoms with van der Waals surface area (Å²) in [6.45, 7) is 0. The van der Waals surface area contributed by atoms with Gasteiger partial charge < -0.3 is 5.11 Å². The average Bonchev–Trinajstić information content (AvgIpc) is 2.86. The summed E-state index contributed by atoms with van der Waals surface area (Å²) in [5, 5.41) is 36.8. The molecule has 0 aliphatic carbocycles. The van der Waals surface area contributed by atoms with Gasteiger partial charge in [-0.25, -0.2) is 0 Å². The topological polar surface area (TPSA) is 222 Å². The molecule has 38 heavy (non-hydrogen) atoms. The minimum Gasteiger partial charge on any atom is -0.505 e. The SMILES string of the molecule is O=[N+]([O-])c1ccc(N=Nc2cc(S(=O)(=O)O)cc3cc(S(=O)(=O)O)c(N=Nc4ccccc4)c(O)c23)cc1. The third-order valence-corrected chi connectivity index (χ3v) is 6.73. The molecule has 4 rings (SSSR count). The van der Waals surface area contributed by atoms with Crippen LogP contribution in [0.15, 0.2) is 103 Å². The number of hydrogen-bond donors (Lipinski definition) is 3. The van der Waals surface area contributed by atoms with Crippen molar-refractivity contribution in [2.24, 2.45) is 20.5 Å². The normalized spacial score (nSPS) is 12.5. The molecule has 0 saturated heterocycles. The number of aromatic hydroxyl groups is 1. The van der Waals surface area contributed by atoms with Crippen LogP contribution in [0.25, 0.3) is 10.8 Å². The van der Waals surface area contributed by atoms with E-state index >= 15 is 0 Å². The van der Waals surface area contributed by atoms with Crippen LogP contribution in [0.4, 0.5) is 28.4 Å². The first kappa shape index (κ1) is 26.4. The molecule has 0 atom stereocenters. The fourth-order valence-corrected chi connectivity index (χ4v) is 4.51. The maximum atomic E-state index is 12.1. The molecule has 0 bridgehead atoms. The number of phenols is 1. The largest absolute Gasteiger partial charge is 0.505 e. The number of nitro benzene ring substituents is 1. The van der Waals surface area contributed by atoms with Gasteiger partial charge in [-0.1, -0.05) is 18.2 Å². The van der Waals surface area contributed by atoms with Crippen LogP contribution in [0.5, 0.6) is 5.75 Å². The third kappa shape index (κ3) is 5.68. The molecule has 0 aromatic heterocycles. The predicted molar refractivity (Wildman–Crippen MR) is 133 cm³/mol. The van der Waals surface area contributed by atoms with Crippen molar-refractivity contribution in [2.45, 2.75) is 9.79 Å². The van der Waals surface area contributed by atoms with Crippen molar-refractivity contribution in [3.63, 3.8) is 0 Å². The summed E-state index contributed by atoms with van der Waals surface area (Å²) >= 11 is 0. The molecule has 0 radical (unpaired) electrons. The first-order chi connectivity index (χ1) is 17.8. The van der Waals surface area contributed by atoms with Gasteiger partial charge in [0.1, 0.15) is 10.6 Å². The number of azo groups is 2. The molecular weight excluding hydrogens is 542 g/mol. The fourth-order valence-electron chi connectivity index (χ4n) is 3.31. The van der Waals surface area contributed by atoms with Gasteiger partial charge >= 0.3 is 0 Å². The summed E-state index contributed by atoms with van der Waals surface area (Å²) in [5.74, 6) is -0.839. The van der Waals surface area contributed by atoms with Gasteiger partial charge in [0.2, 0.25) is 0 Å². The lowest BCUT2D eigenvalue weighted by molar-refractivity contribution is -0.384. The van der Waals surface area contributed by atoms with Crippen LogP contribution in [-0.4, -0.2) is 36.0 Å². The summed E-state index contributed by atoms with van der Waals surface area (Å²) in [7, 11) is -9.86. The number of rotatable bonds is 7. The van der Waals surface area contributed by atoms with E-state index in [2.05, 4.69) is 20.5 Å². The number of hydrogen-bond acceptors (Lipinski definition) is 11. The highest BCUT2D eigenvalue weighted by Crippen LogP contribution is 2.46. The van der Waals surface area contributed by atoms with Gasteiger partial charge in [-0.15, -0.1) is 10.2 Å². The van der Waals surface area contributed by atoms with Crippen molar-refractivity contribution in [1.82, 2.24) is 0 Å². The number of non-ortho nitro benzene ring substituents is 1. The first-order valence-corrected chi connectivity index (χ1v) is 13.1. The van der Waals surface area contributed by atoms with E-state index in [1.807, 2.05) is 0 Å². The highest BCUT2D eigenvalue weighted by Gasteiger charge is 2.25. The van der Waals surface area contributed by atoms with Crippen LogP contribution in [0.2, 0.25) is 0 Å². The minimum absolute atomic E-state index is 0.110. The fraction of sp³-hybridized carbons (Fsp3) is 0. The Balaban J connectivity index is 1.98. The lowest BCUT2D eigenvalue weighted by Crippen LogP contribution is -2.01. The van der Waals surface area contributed by atoms with Crippen molar-refractivity contribution >= 4 is 59.4 Å². The zero-order valence-corrected chi connectivity index (χ0v) is 20.4. The molecule has 0 aliphatic rings. The van der Waals surface area contributed by atoms with Crippen LogP contribution >= 0.6 is 0 Å². The second kappa shape index (κ2) is 10.0. The quantitative estimate of drug-likeness (QED) is 0.108. The number of benzene rings is 4. The summed E-state index contributed by atoms with van der Waals surface area (Å²) < 4.78 is 67.2. The molecule has 3 N–H and O–H groups in total. The van der Waals surface area contributed by atoms with E-state index in [1.165, 1.54) is 24.3 Å². The van der Waals surface area contributed by atoms with Gasteiger partial charge in [0.15, 0.2) is 5.75 Å². The molecule has 0 saturated carbocycles. The molecule has 0 heterocycles. The molecule has 194 valence electrons. The van der Waals surface area contributed by atoms with E-state index in [0.717, 1.165) is 30.3 Å². The van der Waals surface area contributed by atoms with Crippen LogP contribution in [0.3, 0.4) is 0 Å². The molecule has 4 aromatic carbocycles. The van der Waals surface area contributed by atoms with Crippen molar-refractivity contribution in [1.29, 1.82) is 0 Å². The van der Waals surface area contributed by atoms with Gasteiger partial charge in [0, 0.05) is 12.1 Å². The average molecular weight is 558 g/mol. The maximum Gasteiger partial charge on any atom is 0.296 e. The Kier molecular flexibility index (Phi) is 6.97. The van der Waals surface area contributed by atoms with E-state index in [1.54, 1.807) is 18.2 Å². The molecule has 0 amide bonds. The Morgan fingerprint density at radius 1 is 0.737 bits per heavy atom. The lowest BCUT2D eigenvalue weighted by atomic mass is 10.1. The molecule has 0 unspecified atom stereocenters. The number of phenolic OH excluding ortho intramolecular Hbond substituents is 1. The van der Waals surface area contributed by atoms with Crippen LogP contribution < -0.4 is 0 Å². The van der Waals surface area contributed by atoms with Gasteiger partial charge in [-0.05, 0) is 47.9 Å². The smallest absolute Gasteiger partial charge is 0.296 e. The highest BCUT2D eigenvalue weighted by molar-refractivity contribution is 7.86. The van der Waals surface area contributed by atoms with Crippen molar-refractivity contribution in [2.75, 3.05) is 0 Å². The van der Waals surface area contributed by atoms with Gasteiger partial charge in [0.05, 0.1) is 32.3 Å². The summed E-state index contributed by atoms with van der Waals surface area (Å²) in [6, 6.07) is 15.4. The van der Waals surface area contributed by atoms with Crippen LogP contribution in [0, 0.1) is 10.1 Å². The second-order valence-electron chi connectivity index (χ2n) is 7.57. The minimum atomic E-state index is -5.01. The Bertz CT molecular complexity index is 1840. The third-order valence-electron chi connectivity index (χ3n) is 5.03. The van der Waals surface area contributed by atoms with E-state index in [0.29, 0.717) is 0 Å². The molecular formula is C22H15N5O9S2. The van der Waals surface area contributed by atoms with Gasteiger partial charge in [0.25, 0.3) is 25.9 Å². The first-order valence-electron chi connectivity index (χ1n) is 10.3. The zero-order valence-electron chi connectivity index (χ0n) is 18.8. The molecule has 16 heteroatoms. The molecule has 0 aliphatic heterocycles. The van der Waals surface area contributed by atoms with Crippen molar-refractivity contribution < 1.29 is 36.0 Å². The second-order valence-corrected chi connectivity index (χ2v) is 10.4. The predicted octanol–water partition coefficient (Wildman–Crippen LogP) is 5.78. The highest BCUT2D eigenvalue weighted by atomic mass is 32.2.